The number of rotatable bonds is 12. The Balaban J connectivity index is 1.08. The van der Waals surface area contributed by atoms with Crippen molar-refractivity contribution in [3.8, 4) is 0 Å². The minimum atomic E-state index is -2.85. The molecule has 324 valence electrons. The SMILES string of the molecule is CC(C)C1=C2[C@H]3CC[C@@H]4[C@@]5(C)CC=C(C6=CC[C@](CF)(OC=O)CC6)C(C)(C)[C@@H]5CC[C@@]4(C)[C@]3(C)CC[C@@]2(CCCCCN2CCS(=O)(=O)CC2)C=C1c1ccccc1. The summed E-state index contributed by atoms with van der Waals surface area (Å²) in [5.41, 5.74) is 8.92. The second-order valence-electron chi connectivity index (χ2n) is 22.0. The first kappa shape index (κ1) is 43.2. The van der Waals surface area contributed by atoms with E-state index in [9.17, 15) is 17.6 Å². The van der Waals surface area contributed by atoms with E-state index in [-0.39, 0.29) is 27.1 Å². The van der Waals surface area contributed by atoms with Crippen molar-refractivity contribution >= 4 is 21.9 Å². The Morgan fingerprint density at radius 3 is 2.27 bits per heavy atom. The zero-order valence-electron chi connectivity index (χ0n) is 37.5. The molecule has 6 aliphatic carbocycles. The van der Waals surface area contributed by atoms with Crippen molar-refractivity contribution < 1.29 is 22.3 Å². The van der Waals surface area contributed by atoms with Crippen LogP contribution >= 0.6 is 0 Å². The van der Waals surface area contributed by atoms with Crippen LogP contribution in [0.1, 0.15) is 144 Å². The predicted molar refractivity (Wildman–Crippen MR) is 239 cm³/mol. The maximum atomic E-state index is 14.1. The monoisotopic (exact) mass is 828 g/mol. The van der Waals surface area contributed by atoms with Crippen molar-refractivity contribution in [1.82, 2.24) is 4.90 Å². The molecule has 1 aromatic rings. The summed E-state index contributed by atoms with van der Waals surface area (Å²) in [6.07, 6.45) is 22.7. The Labute approximate surface area is 356 Å². The zero-order valence-corrected chi connectivity index (χ0v) is 38.3. The third-order valence-electron chi connectivity index (χ3n) is 18.6. The molecule has 1 aliphatic heterocycles. The highest BCUT2D eigenvalue weighted by molar-refractivity contribution is 7.91. The number of nitrogens with zero attached hydrogens (tertiary/aromatic N) is 1. The van der Waals surface area contributed by atoms with E-state index in [1.165, 1.54) is 80.1 Å². The number of halogens is 1. The highest BCUT2D eigenvalue weighted by atomic mass is 32.2. The molecular weight excluding hydrogens is 754 g/mol. The first-order chi connectivity index (χ1) is 28.0. The van der Waals surface area contributed by atoms with Gasteiger partial charge in [-0.25, -0.2) is 12.8 Å². The van der Waals surface area contributed by atoms with E-state index in [1.54, 1.807) is 5.57 Å². The van der Waals surface area contributed by atoms with E-state index in [1.807, 2.05) is 5.57 Å². The number of carbonyl (C=O) groups is 1. The Hall–Kier alpha value is -2.51. The zero-order chi connectivity index (χ0) is 42.1. The molecule has 8 atom stereocenters. The van der Waals surface area contributed by atoms with Crippen LogP contribution in [-0.4, -0.2) is 63.2 Å². The fourth-order valence-corrected chi connectivity index (χ4v) is 16.6. The van der Waals surface area contributed by atoms with Crippen LogP contribution in [0.2, 0.25) is 0 Å². The molecule has 4 fully saturated rings. The van der Waals surface area contributed by atoms with Crippen LogP contribution in [0.5, 0.6) is 0 Å². The molecule has 1 heterocycles. The fourth-order valence-electron chi connectivity index (χ4n) is 15.3. The van der Waals surface area contributed by atoms with Crippen molar-refractivity contribution in [1.29, 1.82) is 0 Å². The molecule has 7 aliphatic rings. The van der Waals surface area contributed by atoms with E-state index < -0.39 is 22.1 Å². The van der Waals surface area contributed by atoms with Gasteiger partial charge in [-0.05, 0) is 150 Å². The van der Waals surface area contributed by atoms with Crippen LogP contribution < -0.4 is 0 Å². The van der Waals surface area contributed by atoms with Crippen molar-refractivity contribution in [2.75, 3.05) is 37.8 Å². The Kier molecular flexibility index (Phi) is 11.5. The predicted octanol–water partition coefficient (Wildman–Crippen LogP) is 11.9. The smallest absolute Gasteiger partial charge is 0.293 e. The Bertz CT molecular complexity index is 2000. The number of sulfone groups is 1. The molecule has 1 aromatic carbocycles. The molecule has 59 heavy (non-hydrogen) atoms. The first-order valence-electron chi connectivity index (χ1n) is 23.5. The highest BCUT2D eigenvalue weighted by Gasteiger charge is 2.69. The fraction of sp³-hybridized carbons (Fsp3) is 0.712. The number of fused-ring (bicyclic) bond motifs is 7. The van der Waals surface area contributed by atoms with Crippen molar-refractivity contribution in [2.45, 2.75) is 144 Å². The van der Waals surface area contributed by atoms with Crippen molar-refractivity contribution in [3.63, 3.8) is 0 Å². The average molecular weight is 828 g/mol. The molecule has 3 saturated carbocycles. The molecule has 0 radical (unpaired) electrons. The number of carbonyl (C=O) groups excluding carboxylic acids is 1. The van der Waals surface area contributed by atoms with E-state index in [0.29, 0.717) is 67.6 Å². The van der Waals surface area contributed by atoms with Crippen LogP contribution in [0.3, 0.4) is 0 Å². The Morgan fingerprint density at radius 1 is 0.864 bits per heavy atom. The minimum absolute atomic E-state index is 0.0138. The lowest BCUT2D eigenvalue weighted by Crippen LogP contribution is -2.64. The number of hydrogen-bond donors (Lipinski definition) is 0. The lowest BCUT2D eigenvalue weighted by molar-refractivity contribution is -0.197. The maximum absolute atomic E-state index is 14.1. The number of unbranched alkanes of at least 4 members (excludes halogenated alkanes) is 2. The van der Waals surface area contributed by atoms with Gasteiger partial charge < -0.3 is 9.64 Å². The summed E-state index contributed by atoms with van der Waals surface area (Å²) in [6, 6.07) is 11.3. The average Bonchev–Trinajstić information content (AvgIpc) is 3.55. The molecule has 8 rings (SSSR count). The van der Waals surface area contributed by atoms with Crippen LogP contribution in [0.15, 0.2) is 70.9 Å². The molecule has 0 bridgehead atoms. The molecule has 0 aromatic heterocycles. The molecule has 7 heteroatoms. The summed E-state index contributed by atoms with van der Waals surface area (Å²) < 4.78 is 43.5. The van der Waals surface area contributed by atoms with Crippen LogP contribution in [0.25, 0.3) is 5.57 Å². The van der Waals surface area contributed by atoms with Gasteiger partial charge in [0.15, 0.2) is 9.84 Å². The van der Waals surface area contributed by atoms with E-state index in [4.69, 9.17) is 4.74 Å². The quantitative estimate of drug-likeness (QED) is 0.155. The van der Waals surface area contributed by atoms with Gasteiger partial charge in [0.25, 0.3) is 6.47 Å². The third kappa shape index (κ3) is 7.10. The molecule has 0 spiro atoms. The van der Waals surface area contributed by atoms with Gasteiger partial charge in [-0.1, -0.05) is 115 Å². The summed E-state index contributed by atoms with van der Waals surface area (Å²) >= 11 is 0. The van der Waals surface area contributed by atoms with Gasteiger partial charge in [-0.2, -0.15) is 0 Å². The van der Waals surface area contributed by atoms with Gasteiger partial charge in [0.05, 0.1) is 11.5 Å². The van der Waals surface area contributed by atoms with Gasteiger partial charge in [0.1, 0.15) is 12.3 Å². The van der Waals surface area contributed by atoms with Crippen LogP contribution in [-0.2, 0) is 19.4 Å². The van der Waals surface area contributed by atoms with Gasteiger partial charge >= 0.3 is 0 Å². The number of benzene rings is 1. The molecule has 0 N–H and O–H groups in total. The van der Waals surface area contributed by atoms with E-state index in [2.05, 4.69) is 102 Å². The molecule has 5 nitrogen and oxygen atoms in total. The maximum Gasteiger partial charge on any atom is 0.293 e. The van der Waals surface area contributed by atoms with E-state index in [0.717, 1.165) is 25.8 Å². The highest BCUT2D eigenvalue weighted by Crippen LogP contribution is 2.77. The number of alkyl halides is 1. The van der Waals surface area contributed by atoms with Crippen molar-refractivity contribution in [3.05, 3.63) is 76.4 Å². The van der Waals surface area contributed by atoms with Crippen LogP contribution in [0, 0.1) is 50.7 Å². The number of allylic oxidation sites excluding steroid dienone is 7. The Morgan fingerprint density at radius 2 is 1.61 bits per heavy atom. The second-order valence-corrected chi connectivity index (χ2v) is 24.3. The first-order valence-corrected chi connectivity index (χ1v) is 25.3. The summed E-state index contributed by atoms with van der Waals surface area (Å²) in [5.74, 6) is 2.87. The van der Waals surface area contributed by atoms with Crippen LogP contribution in [0.4, 0.5) is 4.39 Å². The summed E-state index contributed by atoms with van der Waals surface area (Å²) in [5, 5.41) is 0. The number of hydrogen-bond acceptors (Lipinski definition) is 5. The summed E-state index contributed by atoms with van der Waals surface area (Å²) in [7, 11) is -2.85. The van der Waals surface area contributed by atoms with Gasteiger partial charge in [-0.15, -0.1) is 0 Å². The molecule has 1 saturated heterocycles. The second kappa shape index (κ2) is 15.7. The lowest BCUT2D eigenvalue weighted by atomic mass is 9.33. The summed E-state index contributed by atoms with van der Waals surface area (Å²) in [6.45, 7) is 20.2. The third-order valence-corrected chi connectivity index (χ3v) is 20.2. The van der Waals surface area contributed by atoms with Gasteiger partial charge in [-0.3, -0.25) is 4.79 Å². The van der Waals surface area contributed by atoms with E-state index >= 15 is 0 Å². The number of ether oxygens (including phenoxy) is 1. The largest absolute Gasteiger partial charge is 0.458 e. The minimum Gasteiger partial charge on any atom is -0.458 e. The lowest BCUT2D eigenvalue weighted by Gasteiger charge is -2.71. The topological polar surface area (TPSA) is 63.7 Å². The normalized spacial score (nSPS) is 38.9. The standard InChI is InChI=1S/C52H74FNO4S/c1-37(2)45-40(38-14-10-8-11-15-38)34-51(22-12-9-13-29-54-30-32-59(56,57)33-31-54)28-27-49(6)42(46(45)51)16-17-44-48(5)23-20-41(47(3,4)43(48)21-24-50(44,49)7)39-18-25-52(35-53,26-19-39)58-36-55/h8,10-11,14-15,18,20,34,36-37,42-44H,9,12-13,16-17,19,21-33,35H2,1-7H3/t42-,43+,44-,48+,49-,50-,51+,52+/m1/s1. The van der Waals surface area contributed by atoms with Gasteiger partial charge in [0, 0.05) is 24.9 Å². The summed E-state index contributed by atoms with van der Waals surface area (Å²) in [4.78, 5) is 13.6. The molecule has 0 amide bonds. The van der Waals surface area contributed by atoms with Crippen molar-refractivity contribution in [2.24, 2.45) is 50.7 Å². The molecular formula is C52H74FNO4S. The molecule has 0 unspecified atom stereocenters. The van der Waals surface area contributed by atoms with Gasteiger partial charge in [0.2, 0.25) is 0 Å².